The van der Waals surface area contributed by atoms with Crippen molar-refractivity contribution < 1.29 is 18.3 Å². The summed E-state index contributed by atoms with van der Waals surface area (Å²) in [5.74, 6) is 0. The van der Waals surface area contributed by atoms with Gasteiger partial charge in [0.25, 0.3) is 0 Å². The maximum Gasteiger partial charge on any atom is 0.407 e. The van der Waals surface area contributed by atoms with Gasteiger partial charge in [-0.3, -0.25) is 4.98 Å². The Morgan fingerprint density at radius 2 is 2.08 bits per heavy atom. The van der Waals surface area contributed by atoms with Gasteiger partial charge in [-0.15, -0.1) is 0 Å². The standard InChI is InChI=1S/C17H27F2N3O2/c1-12-10-20-7-5-13(12)6-8-21-11-14(9-15(18)19)22-16(23)24-17(2,3)4/h5,7,10,14-15,21H,6,8-9,11H2,1-4H3,(H,22,23)/t14-/m1/s1. The average Bonchev–Trinajstić information content (AvgIpc) is 2.42. The third-order valence-corrected chi connectivity index (χ3v) is 3.28. The van der Waals surface area contributed by atoms with Gasteiger partial charge in [-0.05, 0) is 57.9 Å². The lowest BCUT2D eigenvalue weighted by molar-refractivity contribution is 0.0473. The van der Waals surface area contributed by atoms with E-state index in [0.717, 1.165) is 17.5 Å². The Labute approximate surface area is 142 Å². The molecule has 7 heteroatoms. The molecule has 0 aliphatic heterocycles. The molecule has 1 heterocycles. The van der Waals surface area contributed by atoms with E-state index in [9.17, 15) is 13.6 Å². The van der Waals surface area contributed by atoms with E-state index in [-0.39, 0.29) is 6.54 Å². The smallest absolute Gasteiger partial charge is 0.407 e. The van der Waals surface area contributed by atoms with Crippen LogP contribution in [0.2, 0.25) is 0 Å². The van der Waals surface area contributed by atoms with Crippen LogP contribution in [-0.2, 0) is 11.2 Å². The zero-order valence-corrected chi connectivity index (χ0v) is 14.7. The molecule has 0 bridgehead atoms. The molecule has 0 radical (unpaired) electrons. The van der Waals surface area contributed by atoms with Crippen LogP contribution >= 0.6 is 0 Å². The number of alkyl halides is 2. The molecule has 1 aromatic heterocycles. The van der Waals surface area contributed by atoms with Crippen LogP contribution in [0.15, 0.2) is 18.5 Å². The first-order valence-corrected chi connectivity index (χ1v) is 8.05. The van der Waals surface area contributed by atoms with Crippen molar-refractivity contribution in [1.29, 1.82) is 0 Å². The Kier molecular flexibility index (Phi) is 8.04. The van der Waals surface area contributed by atoms with E-state index in [0.29, 0.717) is 6.54 Å². The van der Waals surface area contributed by atoms with E-state index in [2.05, 4.69) is 15.6 Å². The highest BCUT2D eigenvalue weighted by atomic mass is 19.3. The number of hydrogen-bond acceptors (Lipinski definition) is 4. The summed E-state index contributed by atoms with van der Waals surface area (Å²) in [4.78, 5) is 15.8. The van der Waals surface area contributed by atoms with Gasteiger partial charge in [0.1, 0.15) is 5.60 Å². The minimum atomic E-state index is -2.49. The van der Waals surface area contributed by atoms with E-state index in [1.54, 1.807) is 33.2 Å². The number of carbonyl (C=O) groups is 1. The zero-order chi connectivity index (χ0) is 18.2. The molecule has 0 saturated carbocycles. The Balaban J connectivity index is 2.42. The molecular formula is C17H27F2N3O2. The summed E-state index contributed by atoms with van der Waals surface area (Å²) in [6.07, 6.45) is 0.697. The number of halogens is 2. The van der Waals surface area contributed by atoms with Crippen molar-refractivity contribution in [2.75, 3.05) is 13.1 Å². The van der Waals surface area contributed by atoms with Crippen molar-refractivity contribution in [3.05, 3.63) is 29.6 Å². The summed E-state index contributed by atoms with van der Waals surface area (Å²) in [5, 5.41) is 5.61. The Hall–Kier alpha value is -1.76. The summed E-state index contributed by atoms with van der Waals surface area (Å²) in [5.41, 5.74) is 1.59. The Morgan fingerprint density at radius 3 is 2.67 bits per heavy atom. The highest BCUT2D eigenvalue weighted by Gasteiger charge is 2.21. The number of hydrogen-bond donors (Lipinski definition) is 2. The van der Waals surface area contributed by atoms with Crippen LogP contribution in [0, 0.1) is 6.92 Å². The highest BCUT2D eigenvalue weighted by molar-refractivity contribution is 5.68. The molecule has 0 unspecified atom stereocenters. The van der Waals surface area contributed by atoms with Crippen LogP contribution < -0.4 is 10.6 Å². The van der Waals surface area contributed by atoms with Gasteiger partial charge in [0.05, 0.1) is 6.04 Å². The molecule has 5 nitrogen and oxygen atoms in total. The number of amides is 1. The van der Waals surface area contributed by atoms with Gasteiger partial charge in [0.2, 0.25) is 6.43 Å². The molecule has 0 aliphatic rings. The minimum Gasteiger partial charge on any atom is -0.444 e. The summed E-state index contributed by atoms with van der Waals surface area (Å²) >= 11 is 0. The van der Waals surface area contributed by atoms with Crippen molar-refractivity contribution in [2.24, 2.45) is 0 Å². The van der Waals surface area contributed by atoms with Gasteiger partial charge in [-0.2, -0.15) is 0 Å². The normalized spacial score (nSPS) is 13.0. The van der Waals surface area contributed by atoms with Crippen LogP contribution in [0.1, 0.15) is 38.3 Å². The highest BCUT2D eigenvalue weighted by Crippen LogP contribution is 2.09. The Morgan fingerprint density at radius 1 is 1.38 bits per heavy atom. The monoisotopic (exact) mass is 343 g/mol. The molecular weight excluding hydrogens is 316 g/mol. The first-order valence-electron chi connectivity index (χ1n) is 8.05. The lowest BCUT2D eigenvalue weighted by Gasteiger charge is -2.24. The lowest BCUT2D eigenvalue weighted by Crippen LogP contribution is -2.45. The molecule has 0 aromatic carbocycles. The largest absolute Gasteiger partial charge is 0.444 e. The molecule has 1 rings (SSSR count). The summed E-state index contributed by atoms with van der Waals surface area (Å²) in [7, 11) is 0. The first kappa shape index (κ1) is 20.3. The maximum atomic E-state index is 12.7. The Bertz CT molecular complexity index is 519. The van der Waals surface area contributed by atoms with Gasteiger partial charge >= 0.3 is 6.09 Å². The molecule has 0 fully saturated rings. The van der Waals surface area contributed by atoms with Crippen LogP contribution in [0.25, 0.3) is 0 Å². The van der Waals surface area contributed by atoms with Crippen molar-refractivity contribution in [2.45, 2.75) is 58.6 Å². The van der Waals surface area contributed by atoms with Gasteiger partial charge in [0.15, 0.2) is 0 Å². The lowest BCUT2D eigenvalue weighted by atomic mass is 10.1. The maximum absolute atomic E-state index is 12.7. The zero-order valence-electron chi connectivity index (χ0n) is 14.7. The van der Waals surface area contributed by atoms with Crippen LogP contribution in [-0.4, -0.2) is 42.2 Å². The topological polar surface area (TPSA) is 63.2 Å². The quantitative estimate of drug-likeness (QED) is 0.712. The van der Waals surface area contributed by atoms with E-state index in [1.807, 2.05) is 13.0 Å². The van der Waals surface area contributed by atoms with Crippen molar-refractivity contribution in [3.63, 3.8) is 0 Å². The second-order valence-corrected chi connectivity index (χ2v) is 6.73. The molecule has 24 heavy (non-hydrogen) atoms. The average molecular weight is 343 g/mol. The van der Waals surface area contributed by atoms with Gasteiger partial charge in [0, 0.05) is 25.4 Å². The number of alkyl carbamates (subject to hydrolysis) is 1. The van der Waals surface area contributed by atoms with E-state index < -0.39 is 30.6 Å². The third kappa shape index (κ3) is 8.76. The fourth-order valence-electron chi connectivity index (χ4n) is 2.16. The fourth-order valence-corrected chi connectivity index (χ4v) is 2.16. The van der Waals surface area contributed by atoms with Crippen molar-refractivity contribution >= 4 is 6.09 Å². The number of aromatic nitrogens is 1. The number of nitrogens with zero attached hydrogens (tertiary/aromatic N) is 1. The van der Waals surface area contributed by atoms with Crippen LogP contribution in [0.5, 0.6) is 0 Å². The van der Waals surface area contributed by atoms with Gasteiger partial charge in [-0.25, -0.2) is 13.6 Å². The number of aryl methyl sites for hydroxylation is 1. The SMILES string of the molecule is Cc1cnccc1CCNC[C@@H](CC(F)F)NC(=O)OC(C)(C)C. The number of carbonyl (C=O) groups excluding carboxylic acids is 1. The van der Waals surface area contributed by atoms with E-state index in [1.165, 1.54) is 0 Å². The molecule has 2 N–H and O–H groups in total. The van der Waals surface area contributed by atoms with E-state index in [4.69, 9.17) is 4.74 Å². The molecule has 0 aliphatic carbocycles. The second kappa shape index (κ2) is 9.52. The van der Waals surface area contributed by atoms with Gasteiger partial charge in [-0.1, -0.05) is 0 Å². The van der Waals surface area contributed by atoms with Crippen LogP contribution in [0.3, 0.4) is 0 Å². The number of pyridine rings is 1. The summed E-state index contributed by atoms with van der Waals surface area (Å²) in [6.45, 7) is 8.04. The number of rotatable bonds is 8. The van der Waals surface area contributed by atoms with E-state index >= 15 is 0 Å². The van der Waals surface area contributed by atoms with Crippen LogP contribution in [0.4, 0.5) is 13.6 Å². The molecule has 1 amide bonds. The molecule has 136 valence electrons. The number of nitrogens with one attached hydrogen (secondary N) is 2. The summed E-state index contributed by atoms with van der Waals surface area (Å²) in [6, 6.07) is 1.26. The molecule has 0 spiro atoms. The predicted octanol–water partition coefficient (Wildman–Crippen LogP) is 3.07. The molecule has 1 atom stereocenters. The second-order valence-electron chi connectivity index (χ2n) is 6.73. The van der Waals surface area contributed by atoms with Gasteiger partial charge < -0.3 is 15.4 Å². The number of ether oxygens (including phenoxy) is 1. The summed E-state index contributed by atoms with van der Waals surface area (Å²) < 4.78 is 30.5. The minimum absolute atomic E-state index is 0.258. The van der Waals surface area contributed by atoms with Crippen molar-refractivity contribution in [1.82, 2.24) is 15.6 Å². The first-order chi connectivity index (χ1) is 11.2. The molecule has 0 saturated heterocycles. The van der Waals surface area contributed by atoms with Crippen molar-refractivity contribution in [3.8, 4) is 0 Å². The predicted molar refractivity (Wildman–Crippen MR) is 89.3 cm³/mol. The molecule has 1 aromatic rings. The fraction of sp³-hybridized carbons (Fsp3) is 0.647. The third-order valence-electron chi connectivity index (χ3n) is 3.28.